The second-order valence-corrected chi connectivity index (χ2v) is 4.42. The summed E-state index contributed by atoms with van der Waals surface area (Å²) >= 11 is 3.30. The molecule has 6 nitrogen and oxygen atoms in total. The van der Waals surface area contributed by atoms with Crippen LogP contribution in [0.4, 0.5) is 0 Å². The van der Waals surface area contributed by atoms with Crippen LogP contribution in [0.5, 0.6) is 0 Å². The van der Waals surface area contributed by atoms with Gasteiger partial charge in [-0.3, -0.25) is 14.3 Å². The van der Waals surface area contributed by atoms with Crippen molar-refractivity contribution in [2.75, 3.05) is 0 Å². The van der Waals surface area contributed by atoms with Gasteiger partial charge < -0.3 is 4.57 Å². The lowest BCUT2D eigenvalue weighted by atomic mass is 10.4. The van der Waals surface area contributed by atoms with Gasteiger partial charge in [0.15, 0.2) is 15.9 Å². The van der Waals surface area contributed by atoms with E-state index in [2.05, 4.69) is 25.9 Å². The van der Waals surface area contributed by atoms with Crippen LogP contribution in [0.2, 0.25) is 0 Å². The van der Waals surface area contributed by atoms with Crippen molar-refractivity contribution in [3.05, 3.63) is 25.6 Å². The minimum atomic E-state index is -0.405. The molecular weight excluding hydrogens is 288 g/mol. The molecular formula is C10H13BrN4O2. The fourth-order valence-corrected chi connectivity index (χ4v) is 2.46. The summed E-state index contributed by atoms with van der Waals surface area (Å²) < 4.78 is 3.80. The maximum atomic E-state index is 11.8. The molecule has 0 aromatic carbocycles. The Morgan fingerprint density at radius 3 is 2.59 bits per heavy atom. The van der Waals surface area contributed by atoms with E-state index in [-0.39, 0.29) is 0 Å². The third-order valence-electron chi connectivity index (χ3n) is 2.60. The summed E-state index contributed by atoms with van der Waals surface area (Å²) in [6.07, 6.45) is 0.803. The number of imidazole rings is 1. The predicted octanol–water partition coefficient (Wildman–Crippen LogP) is 1.08. The Kier molecular flexibility index (Phi) is 3.19. The number of rotatable bonds is 3. The minimum absolute atomic E-state index is 0.391. The molecule has 0 radical (unpaired) electrons. The van der Waals surface area contributed by atoms with E-state index < -0.39 is 11.2 Å². The van der Waals surface area contributed by atoms with Crippen molar-refractivity contribution in [2.45, 2.75) is 33.4 Å². The van der Waals surface area contributed by atoms with Gasteiger partial charge in [-0.25, -0.2) is 9.78 Å². The highest BCUT2D eigenvalue weighted by Gasteiger charge is 2.15. The first-order chi connectivity index (χ1) is 8.10. The van der Waals surface area contributed by atoms with Crippen molar-refractivity contribution >= 4 is 27.1 Å². The van der Waals surface area contributed by atoms with Gasteiger partial charge in [0.25, 0.3) is 5.56 Å². The van der Waals surface area contributed by atoms with Gasteiger partial charge in [0.2, 0.25) is 0 Å². The lowest BCUT2D eigenvalue weighted by Gasteiger charge is -2.04. The van der Waals surface area contributed by atoms with Gasteiger partial charge in [-0.05, 0) is 29.3 Å². The zero-order valence-corrected chi connectivity index (χ0v) is 11.2. The van der Waals surface area contributed by atoms with Gasteiger partial charge in [-0.15, -0.1) is 0 Å². The number of H-pyrrole nitrogens is 1. The summed E-state index contributed by atoms with van der Waals surface area (Å²) in [7, 11) is 0. The Labute approximate surface area is 105 Å². The molecule has 2 aromatic rings. The lowest BCUT2D eigenvalue weighted by Crippen LogP contribution is -2.31. The maximum absolute atomic E-state index is 11.8. The lowest BCUT2D eigenvalue weighted by molar-refractivity contribution is 0.651. The number of hydrogen-bond acceptors (Lipinski definition) is 3. The van der Waals surface area contributed by atoms with Gasteiger partial charge in [0.05, 0.1) is 0 Å². The monoisotopic (exact) mass is 300 g/mol. The fourth-order valence-electron chi connectivity index (χ4n) is 1.87. The first-order valence-corrected chi connectivity index (χ1v) is 6.28. The van der Waals surface area contributed by atoms with Crippen LogP contribution in [-0.2, 0) is 13.1 Å². The maximum Gasteiger partial charge on any atom is 0.330 e. The zero-order valence-electron chi connectivity index (χ0n) is 9.66. The SMILES string of the molecule is CCCn1c(=O)[nH]c(=O)c2c1nc(Br)n2CC. The number of halogens is 1. The molecule has 17 heavy (non-hydrogen) atoms. The van der Waals surface area contributed by atoms with Gasteiger partial charge in [-0.1, -0.05) is 6.92 Å². The van der Waals surface area contributed by atoms with E-state index >= 15 is 0 Å². The Bertz CT molecular complexity index is 667. The molecule has 1 N–H and O–H groups in total. The molecule has 0 bridgehead atoms. The van der Waals surface area contributed by atoms with E-state index in [1.165, 1.54) is 4.57 Å². The van der Waals surface area contributed by atoms with Crippen molar-refractivity contribution in [3.63, 3.8) is 0 Å². The van der Waals surface area contributed by atoms with E-state index in [0.717, 1.165) is 6.42 Å². The molecule has 0 aliphatic rings. The summed E-state index contributed by atoms with van der Waals surface area (Å²) in [5.41, 5.74) is 0.0803. The zero-order chi connectivity index (χ0) is 12.6. The highest BCUT2D eigenvalue weighted by molar-refractivity contribution is 9.10. The van der Waals surface area contributed by atoms with Crippen LogP contribution < -0.4 is 11.2 Å². The second kappa shape index (κ2) is 4.48. The van der Waals surface area contributed by atoms with Crippen molar-refractivity contribution in [3.8, 4) is 0 Å². The summed E-state index contributed by atoms with van der Waals surface area (Å²) in [5, 5.41) is 0. The smallest absolute Gasteiger partial charge is 0.313 e. The number of aromatic nitrogens is 4. The highest BCUT2D eigenvalue weighted by Crippen LogP contribution is 2.15. The molecule has 0 saturated carbocycles. The number of aromatic amines is 1. The van der Waals surface area contributed by atoms with Gasteiger partial charge in [-0.2, -0.15) is 0 Å². The van der Waals surface area contributed by atoms with Crippen LogP contribution in [0, 0.1) is 0 Å². The van der Waals surface area contributed by atoms with E-state index in [9.17, 15) is 9.59 Å². The average molecular weight is 301 g/mol. The topological polar surface area (TPSA) is 72.7 Å². The van der Waals surface area contributed by atoms with Gasteiger partial charge >= 0.3 is 5.69 Å². The molecule has 2 rings (SSSR count). The van der Waals surface area contributed by atoms with Crippen LogP contribution in [-0.4, -0.2) is 19.1 Å². The molecule has 0 aliphatic carbocycles. The quantitative estimate of drug-likeness (QED) is 0.862. The van der Waals surface area contributed by atoms with Gasteiger partial charge in [0.1, 0.15) is 0 Å². The molecule has 0 spiro atoms. The number of nitrogens with zero attached hydrogens (tertiary/aromatic N) is 3. The van der Waals surface area contributed by atoms with Crippen LogP contribution in [0.25, 0.3) is 11.2 Å². The van der Waals surface area contributed by atoms with E-state index in [1.54, 1.807) is 4.57 Å². The predicted molar refractivity (Wildman–Crippen MR) is 68.3 cm³/mol. The Balaban J connectivity index is 2.93. The molecule has 92 valence electrons. The highest BCUT2D eigenvalue weighted by atomic mass is 79.9. The summed E-state index contributed by atoms with van der Waals surface area (Å²) in [4.78, 5) is 30.1. The Morgan fingerprint density at radius 1 is 1.29 bits per heavy atom. The van der Waals surface area contributed by atoms with Crippen LogP contribution >= 0.6 is 15.9 Å². The summed E-state index contributed by atoms with van der Waals surface area (Å²) in [6, 6.07) is 0. The molecule has 2 heterocycles. The number of fused-ring (bicyclic) bond motifs is 1. The molecule has 0 aliphatic heterocycles. The largest absolute Gasteiger partial charge is 0.330 e. The fraction of sp³-hybridized carbons (Fsp3) is 0.500. The Morgan fingerprint density at radius 2 is 2.00 bits per heavy atom. The second-order valence-electron chi connectivity index (χ2n) is 3.71. The average Bonchev–Trinajstić information content (AvgIpc) is 2.61. The number of hydrogen-bond donors (Lipinski definition) is 1. The molecule has 2 aromatic heterocycles. The molecule has 0 saturated heterocycles. The normalized spacial score (nSPS) is 11.2. The molecule has 0 fully saturated rings. The molecule has 0 atom stereocenters. The van der Waals surface area contributed by atoms with Crippen LogP contribution in [0.1, 0.15) is 20.3 Å². The number of nitrogens with one attached hydrogen (secondary N) is 1. The minimum Gasteiger partial charge on any atom is -0.313 e. The summed E-state index contributed by atoms with van der Waals surface area (Å²) in [5.74, 6) is 0. The molecule has 0 amide bonds. The van der Waals surface area contributed by atoms with E-state index in [1.807, 2.05) is 13.8 Å². The first kappa shape index (κ1) is 12.1. The third-order valence-corrected chi connectivity index (χ3v) is 3.21. The molecule has 0 unspecified atom stereocenters. The summed E-state index contributed by atoms with van der Waals surface area (Å²) in [6.45, 7) is 5.04. The molecule has 7 heteroatoms. The standard InChI is InChI=1S/C10H13BrN4O2/c1-3-5-15-7-6(8(16)13-10(15)17)14(4-2)9(11)12-7/h3-5H2,1-2H3,(H,13,16,17). The van der Waals surface area contributed by atoms with E-state index in [0.29, 0.717) is 29.0 Å². The van der Waals surface area contributed by atoms with E-state index in [4.69, 9.17) is 0 Å². The third kappa shape index (κ3) is 1.84. The van der Waals surface area contributed by atoms with Crippen LogP contribution in [0.15, 0.2) is 14.3 Å². The van der Waals surface area contributed by atoms with Crippen molar-refractivity contribution in [1.82, 2.24) is 19.1 Å². The first-order valence-electron chi connectivity index (χ1n) is 5.49. The van der Waals surface area contributed by atoms with Crippen molar-refractivity contribution in [1.29, 1.82) is 0 Å². The van der Waals surface area contributed by atoms with Gasteiger partial charge in [0, 0.05) is 13.1 Å². The van der Waals surface area contributed by atoms with Crippen molar-refractivity contribution in [2.24, 2.45) is 0 Å². The number of aryl methyl sites for hydroxylation is 2. The Hall–Kier alpha value is -1.37. The van der Waals surface area contributed by atoms with Crippen molar-refractivity contribution < 1.29 is 0 Å². The van der Waals surface area contributed by atoms with Crippen LogP contribution in [0.3, 0.4) is 0 Å².